The Labute approximate surface area is 128 Å². The van der Waals surface area contributed by atoms with Crippen molar-refractivity contribution < 1.29 is 4.39 Å². The summed E-state index contributed by atoms with van der Waals surface area (Å²) in [6.07, 6.45) is 5.17. The minimum atomic E-state index is -0.177. The quantitative estimate of drug-likeness (QED) is 0.899. The van der Waals surface area contributed by atoms with Gasteiger partial charge in [0, 0.05) is 29.1 Å². The van der Waals surface area contributed by atoms with Crippen molar-refractivity contribution in [3.05, 3.63) is 34.1 Å². The van der Waals surface area contributed by atoms with Gasteiger partial charge < -0.3 is 5.32 Å². The Hall–Kier alpha value is -0.450. The highest BCUT2D eigenvalue weighted by atomic mass is 79.9. The van der Waals surface area contributed by atoms with Crippen LogP contribution in [-0.4, -0.2) is 29.6 Å². The summed E-state index contributed by atoms with van der Waals surface area (Å²) in [5, 5.41) is 3.70. The molecule has 4 heteroatoms. The number of hydrogen-bond acceptors (Lipinski definition) is 2. The predicted molar refractivity (Wildman–Crippen MR) is 83.2 cm³/mol. The molecule has 2 aliphatic rings. The van der Waals surface area contributed by atoms with Gasteiger partial charge in [0.2, 0.25) is 0 Å². The third-order valence-corrected chi connectivity index (χ3v) is 5.50. The molecule has 3 rings (SSSR count). The molecule has 110 valence electrons. The molecule has 0 aromatic heterocycles. The monoisotopic (exact) mass is 340 g/mol. The molecule has 1 N–H and O–H groups in total. The van der Waals surface area contributed by atoms with Crippen molar-refractivity contribution >= 4 is 15.9 Å². The largest absolute Gasteiger partial charge is 0.311 e. The van der Waals surface area contributed by atoms with Crippen LogP contribution in [0.1, 0.15) is 38.2 Å². The van der Waals surface area contributed by atoms with Crippen molar-refractivity contribution in [2.75, 3.05) is 6.54 Å². The second-order valence-corrected chi connectivity index (χ2v) is 6.92. The summed E-state index contributed by atoms with van der Waals surface area (Å²) in [6.45, 7) is 4.18. The fourth-order valence-electron chi connectivity index (χ4n) is 3.69. The first-order valence-electron chi connectivity index (χ1n) is 7.59. The number of nitrogens with one attached hydrogen (secondary N) is 1. The van der Waals surface area contributed by atoms with Gasteiger partial charge >= 0.3 is 0 Å². The van der Waals surface area contributed by atoms with Gasteiger partial charge in [-0.3, -0.25) is 4.90 Å². The normalized spacial score (nSPS) is 29.1. The maximum Gasteiger partial charge on any atom is 0.124 e. The second-order valence-electron chi connectivity index (χ2n) is 6.06. The summed E-state index contributed by atoms with van der Waals surface area (Å²) in [6, 6.07) is 7.11. The Balaban J connectivity index is 1.70. The molecule has 1 aromatic carbocycles. The molecule has 0 amide bonds. The van der Waals surface area contributed by atoms with Gasteiger partial charge in [-0.25, -0.2) is 4.39 Å². The maximum atomic E-state index is 13.2. The van der Waals surface area contributed by atoms with Crippen LogP contribution in [0.5, 0.6) is 0 Å². The molecular formula is C16H22BrFN2. The minimum absolute atomic E-state index is 0.177. The molecule has 2 nitrogen and oxygen atoms in total. The van der Waals surface area contributed by atoms with Crippen LogP contribution in [0.2, 0.25) is 0 Å². The fourth-order valence-corrected chi connectivity index (χ4v) is 4.17. The van der Waals surface area contributed by atoms with Crippen LogP contribution in [0.3, 0.4) is 0 Å². The van der Waals surface area contributed by atoms with Gasteiger partial charge in [0.15, 0.2) is 0 Å². The van der Waals surface area contributed by atoms with E-state index in [1.54, 1.807) is 12.1 Å². The number of benzene rings is 1. The van der Waals surface area contributed by atoms with Crippen LogP contribution in [0, 0.1) is 5.82 Å². The number of halogens is 2. The Kier molecular flexibility index (Phi) is 4.43. The van der Waals surface area contributed by atoms with E-state index in [2.05, 4.69) is 33.1 Å². The summed E-state index contributed by atoms with van der Waals surface area (Å²) < 4.78 is 14.1. The van der Waals surface area contributed by atoms with E-state index in [1.807, 2.05) is 6.07 Å². The Morgan fingerprint density at radius 2 is 2.00 bits per heavy atom. The van der Waals surface area contributed by atoms with E-state index >= 15 is 0 Å². The Morgan fingerprint density at radius 1 is 1.30 bits per heavy atom. The zero-order chi connectivity index (χ0) is 14.1. The third-order valence-electron chi connectivity index (χ3n) is 4.76. The highest BCUT2D eigenvalue weighted by Gasteiger charge is 2.35. The van der Waals surface area contributed by atoms with Crippen molar-refractivity contribution in [1.29, 1.82) is 0 Å². The highest BCUT2D eigenvalue weighted by molar-refractivity contribution is 9.10. The molecule has 0 saturated carbocycles. The molecule has 2 bridgehead atoms. The first kappa shape index (κ1) is 14.5. The fraction of sp³-hybridized carbons (Fsp3) is 0.625. The van der Waals surface area contributed by atoms with Gasteiger partial charge in [-0.1, -0.05) is 28.9 Å². The van der Waals surface area contributed by atoms with Crippen molar-refractivity contribution in [1.82, 2.24) is 10.2 Å². The minimum Gasteiger partial charge on any atom is -0.311 e. The van der Waals surface area contributed by atoms with Crippen molar-refractivity contribution in [2.45, 2.75) is 57.3 Å². The van der Waals surface area contributed by atoms with E-state index in [0.29, 0.717) is 18.1 Å². The van der Waals surface area contributed by atoms with Crippen molar-refractivity contribution in [2.24, 2.45) is 0 Å². The van der Waals surface area contributed by atoms with E-state index < -0.39 is 0 Å². The zero-order valence-electron chi connectivity index (χ0n) is 11.9. The van der Waals surface area contributed by atoms with E-state index in [1.165, 1.54) is 31.2 Å². The van der Waals surface area contributed by atoms with E-state index in [-0.39, 0.29) is 5.82 Å². The number of hydrogen-bond donors (Lipinski definition) is 1. The van der Waals surface area contributed by atoms with Gasteiger partial charge in [0.05, 0.1) is 0 Å². The van der Waals surface area contributed by atoms with Gasteiger partial charge in [-0.05, 0) is 49.9 Å². The molecular weight excluding hydrogens is 319 g/mol. The summed E-state index contributed by atoms with van der Waals surface area (Å²) in [4.78, 5) is 2.55. The zero-order valence-corrected chi connectivity index (χ0v) is 13.5. The lowest BCUT2D eigenvalue weighted by atomic mass is 9.97. The molecule has 2 fully saturated rings. The van der Waals surface area contributed by atoms with Gasteiger partial charge in [-0.15, -0.1) is 0 Å². The van der Waals surface area contributed by atoms with E-state index in [4.69, 9.17) is 0 Å². The molecule has 1 aromatic rings. The van der Waals surface area contributed by atoms with Crippen LogP contribution in [0.4, 0.5) is 4.39 Å². The number of piperidine rings is 1. The molecule has 20 heavy (non-hydrogen) atoms. The summed E-state index contributed by atoms with van der Waals surface area (Å²) in [5.74, 6) is -0.177. The molecule has 0 spiro atoms. The van der Waals surface area contributed by atoms with Crippen LogP contribution in [0.25, 0.3) is 0 Å². The number of fused-ring (bicyclic) bond motifs is 2. The molecule has 0 aliphatic carbocycles. The lowest BCUT2D eigenvalue weighted by Crippen LogP contribution is -2.47. The lowest BCUT2D eigenvalue weighted by molar-refractivity contribution is 0.140. The molecule has 2 saturated heterocycles. The summed E-state index contributed by atoms with van der Waals surface area (Å²) in [7, 11) is 0. The van der Waals surface area contributed by atoms with Crippen molar-refractivity contribution in [3.63, 3.8) is 0 Å². The summed E-state index contributed by atoms with van der Waals surface area (Å²) >= 11 is 3.49. The molecule has 2 unspecified atom stereocenters. The average molecular weight is 341 g/mol. The smallest absolute Gasteiger partial charge is 0.124 e. The predicted octanol–water partition coefficient (Wildman–Crippen LogP) is 3.69. The highest BCUT2D eigenvalue weighted by Crippen LogP contribution is 2.31. The first-order chi connectivity index (χ1) is 9.65. The second kappa shape index (κ2) is 6.12. The third kappa shape index (κ3) is 3.07. The van der Waals surface area contributed by atoms with E-state index in [9.17, 15) is 4.39 Å². The van der Waals surface area contributed by atoms with Crippen LogP contribution >= 0.6 is 15.9 Å². The lowest BCUT2D eigenvalue weighted by Gasteiger charge is -2.37. The van der Waals surface area contributed by atoms with Gasteiger partial charge in [0.25, 0.3) is 0 Å². The molecule has 2 aliphatic heterocycles. The van der Waals surface area contributed by atoms with Crippen LogP contribution < -0.4 is 5.32 Å². The first-order valence-corrected chi connectivity index (χ1v) is 8.39. The Morgan fingerprint density at radius 3 is 2.60 bits per heavy atom. The van der Waals surface area contributed by atoms with Gasteiger partial charge in [0.1, 0.15) is 5.82 Å². The number of rotatable bonds is 4. The maximum absolute atomic E-state index is 13.2. The molecule has 2 heterocycles. The van der Waals surface area contributed by atoms with Crippen LogP contribution in [-0.2, 0) is 6.54 Å². The Bertz CT molecular complexity index is 468. The SMILES string of the molecule is CCN(Cc1ccc(F)cc1Br)C1CC2CCC(C1)N2. The molecule has 0 radical (unpaired) electrons. The van der Waals surface area contributed by atoms with Gasteiger partial charge in [-0.2, -0.15) is 0 Å². The standard InChI is InChI=1S/C16H22BrFN2/c1-2-20(10-11-3-4-12(18)7-16(11)17)15-8-13-5-6-14(9-15)19-13/h3-4,7,13-15,19H,2,5-6,8-10H2,1H3. The summed E-state index contributed by atoms with van der Waals surface area (Å²) in [5.41, 5.74) is 1.18. The molecule has 2 atom stereocenters. The average Bonchev–Trinajstić information content (AvgIpc) is 2.77. The van der Waals surface area contributed by atoms with E-state index in [0.717, 1.165) is 17.6 Å². The van der Waals surface area contributed by atoms with Crippen LogP contribution in [0.15, 0.2) is 22.7 Å². The topological polar surface area (TPSA) is 15.3 Å². The number of nitrogens with zero attached hydrogens (tertiary/aromatic N) is 1. The van der Waals surface area contributed by atoms with Crippen molar-refractivity contribution in [3.8, 4) is 0 Å².